The van der Waals surface area contributed by atoms with Gasteiger partial charge in [-0.3, -0.25) is 14.8 Å². The van der Waals surface area contributed by atoms with Crippen molar-refractivity contribution in [2.45, 2.75) is 0 Å². The zero-order valence-corrected chi connectivity index (χ0v) is 10.2. The van der Waals surface area contributed by atoms with Crippen LogP contribution in [0.1, 0.15) is 10.4 Å². The summed E-state index contributed by atoms with van der Waals surface area (Å²) >= 11 is 5.67. The average molecular weight is 265 g/mol. The largest absolute Gasteiger partial charge is 0.494 e. The second-order valence-electron chi connectivity index (χ2n) is 3.26. The van der Waals surface area contributed by atoms with E-state index in [0.717, 1.165) is 0 Å². The quantitative estimate of drug-likeness (QED) is 0.914. The molecule has 1 amide bonds. The van der Waals surface area contributed by atoms with Crippen molar-refractivity contribution in [3.05, 3.63) is 41.6 Å². The highest BCUT2D eigenvalue weighted by Crippen LogP contribution is 2.17. The Bertz CT molecular complexity index is 576. The first-order valence-corrected chi connectivity index (χ1v) is 5.35. The fourth-order valence-corrected chi connectivity index (χ4v) is 1.46. The van der Waals surface area contributed by atoms with Crippen molar-refractivity contribution in [2.24, 2.45) is 0 Å². The van der Waals surface area contributed by atoms with E-state index in [1.807, 2.05) is 0 Å². The number of carbonyl (C=O) groups excluding carboxylic acids is 1. The Hall–Kier alpha value is -2.21. The predicted octanol–water partition coefficient (Wildman–Crippen LogP) is 1.79. The lowest BCUT2D eigenvalue weighted by Crippen LogP contribution is -2.14. The summed E-state index contributed by atoms with van der Waals surface area (Å²) in [4.78, 5) is 23.6. The molecule has 18 heavy (non-hydrogen) atoms. The molecule has 0 aliphatic heterocycles. The van der Waals surface area contributed by atoms with Crippen LogP contribution in [-0.4, -0.2) is 28.0 Å². The van der Waals surface area contributed by atoms with Gasteiger partial charge in [0.15, 0.2) is 5.82 Å². The lowest BCUT2D eigenvalue weighted by molar-refractivity contribution is 0.102. The highest BCUT2D eigenvalue weighted by Gasteiger charge is 2.12. The van der Waals surface area contributed by atoms with Crippen LogP contribution >= 0.6 is 11.6 Å². The maximum atomic E-state index is 12.0. The minimum absolute atomic E-state index is 0.203. The summed E-state index contributed by atoms with van der Waals surface area (Å²) in [6, 6.07) is 1.55. The number of halogens is 1. The molecular weight excluding hydrogens is 256 g/mol. The molecule has 0 unspecified atom stereocenters. The molecule has 0 aromatic carbocycles. The first-order valence-electron chi connectivity index (χ1n) is 4.97. The van der Waals surface area contributed by atoms with Gasteiger partial charge >= 0.3 is 0 Å². The number of anilines is 1. The minimum atomic E-state index is -0.370. The molecule has 7 heteroatoms. The van der Waals surface area contributed by atoms with E-state index in [-0.39, 0.29) is 16.9 Å². The number of nitrogens with zero attached hydrogens (tertiary/aromatic N) is 3. The van der Waals surface area contributed by atoms with E-state index >= 15 is 0 Å². The molecule has 0 radical (unpaired) electrons. The van der Waals surface area contributed by atoms with Crippen molar-refractivity contribution < 1.29 is 9.53 Å². The molecule has 2 aromatic rings. The Morgan fingerprint density at radius 3 is 2.89 bits per heavy atom. The summed E-state index contributed by atoms with van der Waals surface area (Å²) in [7, 11) is 1.47. The van der Waals surface area contributed by atoms with E-state index in [9.17, 15) is 4.79 Å². The first-order chi connectivity index (χ1) is 8.70. The second kappa shape index (κ2) is 5.42. The van der Waals surface area contributed by atoms with Crippen molar-refractivity contribution in [2.75, 3.05) is 12.4 Å². The van der Waals surface area contributed by atoms with Gasteiger partial charge in [-0.05, 0) is 6.07 Å². The molecule has 0 atom stereocenters. The molecule has 0 bridgehead atoms. The molecule has 92 valence electrons. The summed E-state index contributed by atoms with van der Waals surface area (Å²) in [5.41, 5.74) is 0.356. The van der Waals surface area contributed by atoms with Gasteiger partial charge in [0, 0.05) is 6.20 Å². The summed E-state index contributed by atoms with van der Waals surface area (Å²) in [6.07, 6.45) is 5.74. The van der Waals surface area contributed by atoms with Crippen molar-refractivity contribution in [1.82, 2.24) is 15.0 Å². The molecular formula is C11H9ClN4O2. The van der Waals surface area contributed by atoms with Crippen molar-refractivity contribution in [3.63, 3.8) is 0 Å². The molecule has 0 spiro atoms. The average Bonchev–Trinajstić information content (AvgIpc) is 2.38. The highest BCUT2D eigenvalue weighted by atomic mass is 35.5. The Labute approximate surface area is 108 Å². The third-order valence-corrected chi connectivity index (χ3v) is 2.28. The number of rotatable bonds is 3. The van der Waals surface area contributed by atoms with E-state index in [1.165, 1.54) is 31.9 Å². The molecule has 0 saturated carbocycles. The van der Waals surface area contributed by atoms with Gasteiger partial charge in [-0.15, -0.1) is 0 Å². The third-order valence-electron chi connectivity index (χ3n) is 2.10. The van der Waals surface area contributed by atoms with Crippen LogP contribution < -0.4 is 10.1 Å². The summed E-state index contributed by atoms with van der Waals surface area (Å²) < 4.78 is 5.04. The van der Waals surface area contributed by atoms with Crippen LogP contribution in [0.2, 0.25) is 5.15 Å². The number of methoxy groups -OCH3 is 1. The molecule has 0 fully saturated rings. The van der Waals surface area contributed by atoms with Crippen LogP contribution in [0.3, 0.4) is 0 Å². The number of amides is 1. The van der Waals surface area contributed by atoms with Gasteiger partial charge in [0.2, 0.25) is 0 Å². The SMILES string of the molecule is COc1cnccc1C(=O)Nc1cncc(Cl)n1. The normalized spacial score (nSPS) is 9.89. The smallest absolute Gasteiger partial charge is 0.260 e. The zero-order valence-electron chi connectivity index (χ0n) is 9.42. The van der Waals surface area contributed by atoms with Gasteiger partial charge in [0.05, 0.1) is 31.3 Å². The van der Waals surface area contributed by atoms with Gasteiger partial charge in [-0.1, -0.05) is 11.6 Å². The number of hydrogen-bond acceptors (Lipinski definition) is 5. The van der Waals surface area contributed by atoms with Crippen LogP contribution in [-0.2, 0) is 0 Å². The van der Waals surface area contributed by atoms with Gasteiger partial charge in [0.25, 0.3) is 5.91 Å². The maximum Gasteiger partial charge on any atom is 0.260 e. The predicted molar refractivity (Wildman–Crippen MR) is 65.8 cm³/mol. The molecule has 2 aromatic heterocycles. The molecule has 6 nitrogen and oxygen atoms in total. The van der Waals surface area contributed by atoms with Gasteiger partial charge in [0.1, 0.15) is 10.9 Å². The standard InChI is InChI=1S/C11H9ClN4O2/c1-18-8-4-13-3-2-7(8)11(17)16-10-6-14-5-9(12)15-10/h2-6H,1H3,(H,15,16,17). The van der Waals surface area contributed by atoms with Gasteiger partial charge < -0.3 is 10.1 Å². The molecule has 0 aliphatic carbocycles. The lowest BCUT2D eigenvalue weighted by Gasteiger charge is -2.07. The van der Waals surface area contributed by atoms with Crippen LogP contribution in [0.25, 0.3) is 0 Å². The second-order valence-corrected chi connectivity index (χ2v) is 3.64. The number of hydrogen-bond donors (Lipinski definition) is 1. The van der Waals surface area contributed by atoms with E-state index in [1.54, 1.807) is 6.07 Å². The van der Waals surface area contributed by atoms with Crippen LogP contribution in [0, 0.1) is 0 Å². The number of nitrogens with one attached hydrogen (secondary N) is 1. The van der Waals surface area contributed by atoms with Gasteiger partial charge in [-0.2, -0.15) is 0 Å². The number of pyridine rings is 1. The number of aromatic nitrogens is 3. The fourth-order valence-electron chi connectivity index (χ4n) is 1.32. The topological polar surface area (TPSA) is 77.0 Å². The highest BCUT2D eigenvalue weighted by molar-refractivity contribution is 6.29. The summed E-state index contributed by atoms with van der Waals surface area (Å²) in [5, 5.41) is 2.77. The number of carbonyl (C=O) groups is 1. The van der Waals surface area contributed by atoms with E-state index in [0.29, 0.717) is 11.3 Å². The zero-order chi connectivity index (χ0) is 13.0. The van der Waals surface area contributed by atoms with E-state index in [4.69, 9.17) is 16.3 Å². The Kier molecular flexibility index (Phi) is 3.69. The Morgan fingerprint density at radius 2 is 2.17 bits per heavy atom. The first kappa shape index (κ1) is 12.3. The lowest BCUT2D eigenvalue weighted by atomic mass is 10.2. The van der Waals surface area contributed by atoms with Gasteiger partial charge in [-0.25, -0.2) is 4.98 Å². The van der Waals surface area contributed by atoms with Crippen LogP contribution in [0.15, 0.2) is 30.9 Å². The summed E-state index contributed by atoms with van der Waals surface area (Å²) in [5.74, 6) is 0.280. The molecule has 0 saturated heterocycles. The van der Waals surface area contributed by atoms with Crippen molar-refractivity contribution in [3.8, 4) is 5.75 Å². The molecule has 1 N–H and O–H groups in total. The van der Waals surface area contributed by atoms with E-state index < -0.39 is 0 Å². The Balaban J connectivity index is 2.22. The molecule has 2 heterocycles. The van der Waals surface area contributed by atoms with Crippen LogP contribution in [0.5, 0.6) is 5.75 Å². The Morgan fingerprint density at radius 1 is 1.33 bits per heavy atom. The van der Waals surface area contributed by atoms with E-state index in [2.05, 4.69) is 20.3 Å². The van der Waals surface area contributed by atoms with Crippen molar-refractivity contribution in [1.29, 1.82) is 0 Å². The fraction of sp³-hybridized carbons (Fsp3) is 0.0909. The number of ether oxygens (including phenoxy) is 1. The van der Waals surface area contributed by atoms with Crippen LogP contribution in [0.4, 0.5) is 5.82 Å². The molecule has 2 rings (SSSR count). The molecule has 0 aliphatic rings. The third kappa shape index (κ3) is 2.72. The monoisotopic (exact) mass is 264 g/mol. The maximum absolute atomic E-state index is 12.0. The van der Waals surface area contributed by atoms with Crippen molar-refractivity contribution >= 4 is 23.3 Å². The minimum Gasteiger partial charge on any atom is -0.494 e. The summed E-state index contributed by atoms with van der Waals surface area (Å²) in [6.45, 7) is 0.